The van der Waals surface area contributed by atoms with Crippen molar-refractivity contribution in [3.8, 4) is 0 Å². The summed E-state index contributed by atoms with van der Waals surface area (Å²) in [5.41, 5.74) is 1.26. The van der Waals surface area contributed by atoms with Gasteiger partial charge in [0.05, 0.1) is 21.4 Å². The molecule has 150 valence electrons. The first-order valence-corrected chi connectivity index (χ1v) is 11.4. The molecule has 2 aromatic rings. The van der Waals surface area contributed by atoms with Gasteiger partial charge in [0.2, 0.25) is 5.91 Å². The number of carbonyl (C=O) groups is 1. The smallest absolute Gasteiger partial charge is 0.261 e. The molecule has 0 aromatic heterocycles. The standard InChI is InChI=1S/C20H22Cl2N2O3S/c1-14-4-2-3-11-24(14)20(25)12-15-5-7-16(8-6-15)23-28(26,27)17-9-10-18(21)19(22)13-17/h5-10,13-14,23H,2-4,11-12H2,1H3. The highest BCUT2D eigenvalue weighted by molar-refractivity contribution is 7.92. The van der Waals surface area contributed by atoms with Crippen LogP contribution in [-0.4, -0.2) is 31.8 Å². The monoisotopic (exact) mass is 440 g/mol. The lowest BCUT2D eigenvalue weighted by Gasteiger charge is -2.33. The van der Waals surface area contributed by atoms with E-state index < -0.39 is 10.0 Å². The van der Waals surface area contributed by atoms with Crippen LogP contribution in [0.2, 0.25) is 10.0 Å². The van der Waals surface area contributed by atoms with Crippen molar-refractivity contribution < 1.29 is 13.2 Å². The van der Waals surface area contributed by atoms with Gasteiger partial charge in [-0.15, -0.1) is 0 Å². The second-order valence-corrected chi connectivity index (χ2v) is 9.48. The summed E-state index contributed by atoms with van der Waals surface area (Å²) in [4.78, 5) is 14.5. The van der Waals surface area contributed by atoms with Crippen molar-refractivity contribution >= 4 is 44.8 Å². The Bertz CT molecular complexity index is 962. The molecule has 1 heterocycles. The number of nitrogens with zero attached hydrogens (tertiary/aromatic N) is 1. The molecule has 0 aliphatic carbocycles. The van der Waals surface area contributed by atoms with Crippen molar-refractivity contribution in [1.82, 2.24) is 4.90 Å². The van der Waals surface area contributed by atoms with Crippen LogP contribution < -0.4 is 4.72 Å². The van der Waals surface area contributed by atoms with Gasteiger partial charge < -0.3 is 4.90 Å². The Morgan fingerprint density at radius 1 is 1.11 bits per heavy atom. The first kappa shape index (κ1) is 21.0. The molecule has 1 saturated heterocycles. The average Bonchev–Trinajstić information content (AvgIpc) is 2.65. The van der Waals surface area contributed by atoms with E-state index in [0.29, 0.717) is 12.1 Å². The largest absolute Gasteiger partial charge is 0.340 e. The van der Waals surface area contributed by atoms with Crippen molar-refractivity contribution in [3.05, 3.63) is 58.1 Å². The zero-order valence-corrected chi connectivity index (χ0v) is 17.8. The molecule has 0 radical (unpaired) electrons. The molecule has 2 aromatic carbocycles. The number of benzene rings is 2. The SMILES string of the molecule is CC1CCCCN1C(=O)Cc1ccc(NS(=O)(=O)c2ccc(Cl)c(Cl)c2)cc1. The van der Waals surface area contributed by atoms with Crippen LogP contribution in [0.15, 0.2) is 47.4 Å². The van der Waals surface area contributed by atoms with Gasteiger partial charge in [0.25, 0.3) is 10.0 Å². The van der Waals surface area contributed by atoms with E-state index in [9.17, 15) is 13.2 Å². The van der Waals surface area contributed by atoms with Crippen molar-refractivity contribution in [2.45, 2.75) is 43.5 Å². The number of carbonyl (C=O) groups excluding carboxylic acids is 1. The molecule has 5 nitrogen and oxygen atoms in total. The van der Waals surface area contributed by atoms with Gasteiger partial charge in [-0.05, 0) is 62.1 Å². The predicted molar refractivity (Wildman–Crippen MR) is 112 cm³/mol. The third-order valence-corrected chi connectivity index (χ3v) is 7.00. The summed E-state index contributed by atoms with van der Waals surface area (Å²) in [5, 5.41) is 0.461. The Balaban J connectivity index is 1.67. The zero-order valence-electron chi connectivity index (χ0n) is 15.5. The Labute approximate surface area is 175 Å². The molecule has 1 aliphatic rings. The normalized spacial score (nSPS) is 17.4. The van der Waals surface area contributed by atoms with Crippen LogP contribution in [0.1, 0.15) is 31.7 Å². The Hall–Kier alpha value is -1.76. The van der Waals surface area contributed by atoms with Crippen LogP contribution in [0.25, 0.3) is 0 Å². The van der Waals surface area contributed by atoms with E-state index in [-0.39, 0.29) is 26.9 Å². The summed E-state index contributed by atoms with van der Waals surface area (Å²) in [6.45, 7) is 2.89. The number of rotatable bonds is 5. The first-order valence-electron chi connectivity index (χ1n) is 9.12. The van der Waals surface area contributed by atoms with Crippen LogP contribution in [0.4, 0.5) is 5.69 Å². The van der Waals surface area contributed by atoms with Crippen LogP contribution in [0.5, 0.6) is 0 Å². The maximum absolute atomic E-state index is 12.5. The van der Waals surface area contributed by atoms with Crippen molar-refractivity contribution in [3.63, 3.8) is 0 Å². The fraction of sp³-hybridized carbons (Fsp3) is 0.350. The van der Waals surface area contributed by atoms with Gasteiger partial charge in [0.15, 0.2) is 0 Å². The quantitative estimate of drug-likeness (QED) is 0.729. The minimum atomic E-state index is -3.78. The first-order chi connectivity index (χ1) is 13.3. The van der Waals surface area contributed by atoms with E-state index in [4.69, 9.17) is 23.2 Å². The van der Waals surface area contributed by atoms with Crippen molar-refractivity contribution in [2.75, 3.05) is 11.3 Å². The number of likely N-dealkylation sites (tertiary alicyclic amines) is 1. The lowest BCUT2D eigenvalue weighted by molar-refractivity contribution is -0.133. The van der Waals surface area contributed by atoms with E-state index >= 15 is 0 Å². The number of sulfonamides is 1. The van der Waals surface area contributed by atoms with E-state index in [1.165, 1.54) is 24.6 Å². The van der Waals surface area contributed by atoms with E-state index in [1.54, 1.807) is 24.3 Å². The summed E-state index contributed by atoms with van der Waals surface area (Å²) in [7, 11) is -3.78. The molecule has 1 aliphatic heterocycles. The van der Waals surface area contributed by atoms with Gasteiger partial charge in [-0.2, -0.15) is 0 Å². The number of halogens is 2. The highest BCUT2D eigenvalue weighted by Gasteiger charge is 2.23. The fourth-order valence-corrected chi connectivity index (χ4v) is 4.74. The number of nitrogens with one attached hydrogen (secondary N) is 1. The van der Waals surface area contributed by atoms with Crippen LogP contribution in [0.3, 0.4) is 0 Å². The van der Waals surface area contributed by atoms with Gasteiger partial charge in [-0.25, -0.2) is 8.42 Å². The van der Waals surface area contributed by atoms with Crippen LogP contribution in [-0.2, 0) is 21.2 Å². The number of hydrogen-bond acceptors (Lipinski definition) is 3. The summed E-state index contributed by atoms with van der Waals surface area (Å²) in [5.74, 6) is 0.108. The molecular formula is C20H22Cl2N2O3S. The highest BCUT2D eigenvalue weighted by Crippen LogP contribution is 2.26. The second kappa shape index (κ2) is 8.72. The Morgan fingerprint density at radius 3 is 2.46 bits per heavy atom. The van der Waals surface area contributed by atoms with Crippen LogP contribution in [0, 0.1) is 0 Å². The zero-order chi connectivity index (χ0) is 20.3. The van der Waals surface area contributed by atoms with Gasteiger partial charge in [0, 0.05) is 18.3 Å². The van der Waals surface area contributed by atoms with Gasteiger partial charge in [-0.3, -0.25) is 9.52 Å². The summed E-state index contributed by atoms with van der Waals surface area (Å²) >= 11 is 11.7. The van der Waals surface area contributed by atoms with Gasteiger partial charge in [-0.1, -0.05) is 35.3 Å². The molecule has 0 saturated carbocycles. The molecular weight excluding hydrogens is 419 g/mol. The maximum atomic E-state index is 12.5. The van der Waals surface area contributed by atoms with Crippen LogP contribution >= 0.6 is 23.2 Å². The van der Waals surface area contributed by atoms with E-state index in [1.807, 2.05) is 4.90 Å². The van der Waals surface area contributed by atoms with Gasteiger partial charge in [0.1, 0.15) is 0 Å². The third-order valence-electron chi connectivity index (χ3n) is 4.89. The minimum absolute atomic E-state index is 0.0280. The molecule has 8 heteroatoms. The van der Waals surface area contributed by atoms with E-state index in [2.05, 4.69) is 11.6 Å². The lowest BCUT2D eigenvalue weighted by atomic mass is 10.0. The molecule has 0 bridgehead atoms. The Morgan fingerprint density at radius 2 is 1.82 bits per heavy atom. The predicted octanol–water partition coefficient (Wildman–Crippen LogP) is 4.74. The highest BCUT2D eigenvalue weighted by atomic mass is 35.5. The number of hydrogen-bond donors (Lipinski definition) is 1. The molecule has 1 unspecified atom stereocenters. The maximum Gasteiger partial charge on any atom is 0.261 e. The van der Waals surface area contributed by atoms with Crippen molar-refractivity contribution in [1.29, 1.82) is 0 Å². The number of piperidine rings is 1. The van der Waals surface area contributed by atoms with Crippen molar-refractivity contribution in [2.24, 2.45) is 0 Å². The summed E-state index contributed by atoms with van der Waals surface area (Å²) < 4.78 is 27.5. The number of amides is 1. The number of anilines is 1. The summed E-state index contributed by atoms with van der Waals surface area (Å²) in [6, 6.07) is 11.2. The molecule has 1 atom stereocenters. The molecule has 1 N–H and O–H groups in total. The Kier molecular flexibility index (Phi) is 6.53. The van der Waals surface area contributed by atoms with Gasteiger partial charge >= 0.3 is 0 Å². The average molecular weight is 441 g/mol. The third kappa shape index (κ3) is 4.99. The fourth-order valence-electron chi connectivity index (χ4n) is 3.29. The molecule has 1 amide bonds. The van der Waals surface area contributed by atoms with E-state index in [0.717, 1.165) is 24.9 Å². The molecule has 1 fully saturated rings. The molecule has 28 heavy (non-hydrogen) atoms. The lowest BCUT2D eigenvalue weighted by Crippen LogP contribution is -2.42. The molecule has 3 rings (SSSR count). The topological polar surface area (TPSA) is 66.5 Å². The summed E-state index contributed by atoms with van der Waals surface area (Å²) in [6.07, 6.45) is 3.56. The second-order valence-electron chi connectivity index (χ2n) is 6.99. The molecule has 0 spiro atoms. The minimum Gasteiger partial charge on any atom is -0.340 e.